The number of aryl methyl sites for hydroxylation is 1. The molecule has 2 heterocycles. The summed E-state index contributed by atoms with van der Waals surface area (Å²) in [5.41, 5.74) is 3.67. The molecule has 0 aliphatic rings. The molecule has 0 aliphatic carbocycles. The molecular formula is C19H22N4O2S. The van der Waals surface area contributed by atoms with Crippen LogP contribution in [0.1, 0.15) is 29.9 Å². The van der Waals surface area contributed by atoms with E-state index < -0.39 is 0 Å². The van der Waals surface area contributed by atoms with Crippen LogP contribution in [0, 0.1) is 5.92 Å². The van der Waals surface area contributed by atoms with E-state index in [9.17, 15) is 9.59 Å². The van der Waals surface area contributed by atoms with Crippen LogP contribution in [0.5, 0.6) is 0 Å². The van der Waals surface area contributed by atoms with Crippen LogP contribution in [0.15, 0.2) is 35.8 Å². The fourth-order valence-electron chi connectivity index (χ4n) is 2.67. The van der Waals surface area contributed by atoms with E-state index in [1.165, 1.54) is 16.9 Å². The second-order valence-corrected chi connectivity index (χ2v) is 7.01. The number of hydrogen-bond acceptors (Lipinski definition) is 4. The molecule has 0 radical (unpaired) electrons. The van der Waals surface area contributed by atoms with Crippen molar-refractivity contribution in [3.63, 3.8) is 0 Å². The maximum Gasteiger partial charge on any atom is 0.269 e. The van der Waals surface area contributed by atoms with Crippen LogP contribution < -0.4 is 10.6 Å². The Morgan fingerprint density at radius 1 is 1.27 bits per heavy atom. The molecule has 0 aliphatic heterocycles. The molecule has 3 aromatic rings. The Bertz CT molecular complexity index is 927. The van der Waals surface area contributed by atoms with Gasteiger partial charge in [-0.05, 0) is 12.0 Å². The van der Waals surface area contributed by atoms with Crippen molar-refractivity contribution in [1.82, 2.24) is 20.0 Å². The molecule has 26 heavy (non-hydrogen) atoms. The minimum Gasteiger partial charge on any atom is -0.359 e. The third kappa shape index (κ3) is 3.62. The van der Waals surface area contributed by atoms with Gasteiger partial charge in [0.05, 0.1) is 11.6 Å². The van der Waals surface area contributed by atoms with Gasteiger partial charge in [0, 0.05) is 30.7 Å². The number of nitrogens with zero attached hydrogens (tertiary/aromatic N) is 2. The first-order chi connectivity index (χ1) is 12.5. The van der Waals surface area contributed by atoms with Crippen LogP contribution in [0.3, 0.4) is 0 Å². The van der Waals surface area contributed by atoms with Crippen LogP contribution in [0.4, 0.5) is 0 Å². The number of fused-ring (bicyclic) bond motifs is 1. The van der Waals surface area contributed by atoms with E-state index in [4.69, 9.17) is 0 Å². The Labute approximate surface area is 156 Å². The molecule has 0 saturated carbocycles. The van der Waals surface area contributed by atoms with Crippen molar-refractivity contribution in [2.75, 3.05) is 13.6 Å². The van der Waals surface area contributed by atoms with Crippen molar-refractivity contribution in [3.05, 3.63) is 47.1 Å². The van der Waals surface area contributed by atoms with Crippen LogP contribution in [-0.2, 0) is 11.2 Å². The second kappa shape index (κ2) is 7.70. The number of carbonyl (C=O) groups excluding carboxylic acids is 2. The predicted octanol–water partition coefficient (Wildman–Crippen LogP) is 2.74. The zero-order valence-electron chi connectivity index (χ0n) is 15.1. The zero-order chi connectivity index (χ0) is 18.7. The number of rotatable bonds is 6. The lowest BCUT2D eigenvalue weighted by molar-refractivity contribution is -0.123. The van der Waals surface area contributed by atoms with E-state index in [-0.39, 0.29) is 24.3 Å². The third-order valence-corrected chi connectivity index (χ3v) is 5.20. The van der Waals surface area contributed by atoms with Gasteiger partial charge >= 0.3 is 0 Å². The van der Waals surface area contributed by atoms with Gasteiger partial charge in [0.2, 0.25) is 5.91 Å². The van der Waals surface area contributed by atoms with Gasteiger partial charge in [0.25, 0.3) is 5.91 Å². The number of benzene rings is 1. The third-order valence-electron chi connectivity index (χ3n) is 4.36. The topological polar surface area (TPSA) is 75.5 Å². The minimum atomic E-state index is -0.284. The van der Waals surface area contributed by atoms with E-state index in [2.05, 4.69) is 46.8 Å². The Kier molecular flexibility index (Phi) is 5.37. The molecule has 1 atom stereocenters. The lowest BCUT2D eigenvalue weighted by Gasteiger charge is -2.10. The molecule has 0 bridgehead atoms. The van der Waals surface area contributed by atoms with Gasteiger partial charge in [-0.2, -0.15) is 0 Å². The maximum atomic E-state index is 12.5. The van der Waals surface area contributed by atoms with Gasteiger partial charge in [-0.15, -0.1) is 11.3 Å². The van der Waals surface area contributed by atoms with Gasteiger partial charge in [-0.3, -0.25) is 14.0 Å². The maximum absolute atomic E-state index is 12.5. The second-order valence-electron chi connectivity index (χ2n) is 6.18. The molecule has 2 amide bonds. The highest BCUT2D eigenvalue weighted by molar-refractivity contribution is 7.15. The summed E-state index contributed by atoms with van der Waals surface area (Å²) in [5, 5.41) is 7.18. The van der Waals surface area contributed by atoms with Crippen LogP contribution in [-0.4, -0.2) is 34.8 Å². The molecule has 1 unspecified atom stereocenters. The van der Waals surface area contributed by atoms with Gasteiger partial charge < -0.3 is 10.6 Å². The number of thiazole rings is 1. The number of hydrogen-bond donors (Lipinski definition) is 2. The molecule has 0 fully saturated rings. The smallest absolute Gasteiger partial charge is 0.269 e. The number of imidazole rings is 1. The van der Waals surface area contributed by atoms with Crippen molar-refractivity contribution in [2.45, 2.75) is 20.3 Å². The van der Waals surface area contributed by atoms with Crippen molar-refractivity contribution in [2.24, 2.45) is 5.92 Å². The summed E-state index contributed by atoms with van der Waals surface area (Å²) < 4.78 is 1.80. The highest BCUT2D eigenvalue weighted by atomic mass is 32.1. The molecule has 6 nitrogen and oxygen atoms in total. The zero-order valence-corrected chi connectivity index (χ0v) is 15.9. The van der Waals surface area contributed by atoms with Crippen molar-refractivity contribution >= 4 is 28.1 Å². The van der Waals surface area contributed by atoms with Crippen LogP contribution in [0.25, 0.3) is 16.2 Å². The van der Waals surface area contributed by atoms with Crippen molar-refractivity contribution < 1.29 is 9.59 Å². The Hall–Kier alpha value is -2.67. The SMILES string of the molecule is CCc1ccc(-c2cn3c(C(=O)NCC(C)C(=O)NC)csc3n2)cc1. The van der Waals surface area contributed by atoms with Crippen LogP contribution in [0.2, 0.25) is 0 Å². The monoisotopic (exact) mass is 370 g/mol. The van der Waals surface area contributed by atoms with E-state index >= 15 is 0 Å². The lowest BCUT2D eigenvalue weighted by Crippen LogP contribution is -2.36. The number of carbonyl (C=O) groups is 2. The van der Waals surface area contributed by atoms with Gasteiger partial charge in [-0.1, -0.05) is 38.1 Å². The first kappa shape index (κ1) is 18.1. The summed E-state index contributed by atoms with van der Waals surface area (Å²) in [6, 6.07) is 8.29. The Morgan fingerprint density at radius 2 is 2.00 bits per heavy atom. The average Bonchev–Trinajstić information content (AvgIpc) is 3.25. The summed E-state index contributed by atoms with van der Waals surface area (Å²) in [6.07, 6.45) is 2.88. The largest absolute Gasteiger partial charge is 0.359 e. The fraction of sp³-hybridized carbons (Fsp3) is 0.316. The summed E-state index contributed by atoms with van der Waals surface area (Å²) in [7, 11) is 1.59. The Balaban J connectivity index is 1.78. The molecule has 2 N–H and O–H groups in total. The predicted molar refractivity (Wildman–Crippen MR) is 103 cm³/mol. The van der Waals surface area contributed by atoms with Gasteiger partial charge in [0.15, 0.2) is 4.96 Å². The van der Waals surface area contributed by atoms with E-state index in [1.54, 1.807) is 23.8 Å². The summed E-state index contributed by atoms with van der Waals surface area (Å²) in [4.78, 5) is 29.4. The number of amides is 2. The number of nitrogens with one attached hydrogen (secondary N) is 2. The molecule has 0 spiro atoms. The molecule has 0 saturated heterocycles. The first-order valence-corrected chi connectivity index (χ1v) is 9.47. The van der Waals surface area contributed by atoms with E-state index in [1.807, 2.05) is 6.20 Å². The van der Waals surface area contributed by atoms with Gasteiger partial charge in [-0.25, -0.2) is 4.98 Å². The lowest BCUT2D eigenvalue weighted by atomic mass is 10.1. The standard InChI is InChI=1S/C19H22N4O2S/c1-4-13-5-7-14(8-6-13)15-10-23-16(11-26-19(23)22-15)18(25)21-9-12(2)17(24)20-3/h5-8,10-12H,4,9H2,1-3H3,(H,20,24)(H,21,25). The highest BCUT2D eigenvalue weighted by Crippen LogP contribution is 2.24. The molecule has 136 valence electrons. The fourth-order valence-corrected chi connectivity index (χ4v) is 3.53. The molecular weight excluding hydrogens is 348 g/mol. The summed E-state index contributed by atoms with van der Waals surface area (Å²) in [5.74, 6) is -0.591. The van der Waals surface area contributed by atoms with Crippen molar-refractivity contribution in [3.8, 4) is 11.3 Å². The van der Waals surface area contributed by atoms with Gasteiger partial charge in [0.1, 0.15) is 5.69 Å². The molecule has 7 heteroatoms. The van der Waals surface area contributed by atoms with Crippen molar-refractivity contribution in [1.29, 1.82) is 0 Å². The summed E-state index contributed by atoms with van der Waals surface area (Å²) >= 11 is 1.42. The minimum absolute atomic E-state index is 0.0961. The number of aromatic nitrogens is 2. The molecule has 3 rings (SSSR count). The summed E-state index contributed by atoms with van der Waals surface area (Å²) in [6.45, 7) is 4.19. The first-order valence-electron chi connectivity index (χ1n) is 8.59. The normalized spacial score (nSPS) is 12.1. The molecule has 1 aromatic carbocycles. The van der Waals surface area contributed by atoms with Crippen LogP contribution >= 0.6 is 11.3 Å². The van der Waals surface area contributed by atoms with E-state index in [0.29, 0.717) is 5.69 Å². The molecule has 2 aromatic heterocycles. The Morgan fingerprint density at radius 3 is 2.65 bits per heavy atom. The van der Waals surface area contributed by atoms with E-state index in [0.717, 1.165) is 22.6 Å². The quantitative estimate of drug-likeness (QED) is 0.701. The highest BCUT2D eigenvalue weighted by Gasteiger charge is 2.17. The average molecular weight is 370 g/mol.